The van der Waals surface area contributed by atoms with Gasteiger partial charge in [-0.15, -0.1) is 0 Å². The molecule has 0 unspecified atom stereocenters. The quantitative estimate of drug-likeness (QED) is 0.199. The minimum Gasteiger partial charge on any atom is -0.468 e. The molecule has 0 saturated heterocycles. The molecule has 48 heavy (non-hydrogen) atoms. The van der Waals surface area contributed by atoms with Crippen LogP contribution in [-0.4, -0.2) is 52.3 Å². The minimum absolute atomic E-state index is 0.352. The van der Waals surface area contributed by atoms with Crippen LogP contribution < -0.4 is 0 Å². The van der Waals surface area contributed by atoms with Crippen molar-refractivity contribution in [2.24, 2.45) is 0 Å². The molecule has 0 radical (unpaired) electrons. The van der Waals surface area contributed by atoms with Crippen LogP contribution in [0.2, 0.25) is 0 Å². The summed E-state index contributed by atoms with van der Waals surface area (Å²) in [5.41, 5.74) is 2.23. The number of benzene rings is 4. The molecular formula is C40H40O8. The van der Waals surface area contributed by atoms with Gasteiger partial charge in [0.1, 0.15) is 21.7 Å². The molecule has 0 heterocycles. The van der Waals surface area contributed by atoms with Gasteiger partial charge in [0.2, 0.25) is 0 Å². The van der Waals surface area contributed by atoms with Gasteiger partial charge in [0.05, 0.1) is 28.4 Å². The number of ether oxygens (including phenoxy) is 4. The number of methoxy groups -OCH3 is 4. The predicted octanol–water partition coefficient (Wildman–Crippen LogP) is 5.92. The number of carbonyl (C=O) groups excluding carboxylic acids is 4. The Labute approximate surface area is 281 Å². The molecule has 2 aliphatic rings. The monoisotopic (exact) mass is 648 g/mol. The molecule has 0 spiro atoms. The van der Waals surface area contributed by atoms with Gasteiger partial charge < -0.3 is 18.9 Å². The van der Waals surface area contributed by atoms with Crippen LogP contribution in [0.3, 0.4) is 0 Å². The standard InChI is InChI=1S/2C20H20O4/c2*1-19(17(21)23-3)13-9-5-7-11-15(13)20(2,18(22)24-4)16-12-8-6-10-14(16)19/h2*5-12H,1-4H3. The van der Waals surface area contributed by atoms with Crippen molar-refractivity contribution >= 4 is 23.9 Å². The zero-order valence-electron chi connectivity index (χ0n) is 28.5. The zero-order valence-corrected chi connectivity index (χ0v) is 28.5. The molecule has 0 bridgehead atoms. The fourth-order valence-electron chi connectivity index (χ4n) is 7.70. The number of hydrogen-bond donors (Lipinski definition) is 0. The molecule has 0 saturated carbocycles. The van der Waals surface area contributed by atoms with Crippen molar-refractivity contribution in [3.05, 3.63) is 142 Å². The summed E-state index contributed by atoms with van der Waals surface area (Å²) in [5, 5.41) is 0. The molecule has 0 aromatic heterocycles. The third-order valence-corrected chi connectivity index (χ3v) is 10.4. The highest BCUT2D eigenvalue weighted by Gasteiger charge is 2.55. The maximum atomic E-state index is 12.7. The average Bonchev–Trinajstić information content (AvgIpc) is 3.14. The van der Waals surface area contributed by atoms with Gasteiger partial charge in [-0.05, 0) is 72.2 Å². The van der Waals surface area contributed by atoms with Crippen LogP contribution in [0, 0.1) is 0 Å². The van der Waals surface area contributed by atoms with Crippen LogP contribution in [0.25, 0.3) is 0 Å². The van der Waals surface area contributed by atoms with Crippen molar-refractivity contribution in [3.8, 4) is 0 Å². The molecule has 0 fully saturated rings. The average molecular weight is 649 g/mol. The molecule has 6 rings (SSSR count). The summed E-state index contributed by atoms with van der Waals surface area (Å²) in [4.78, 5) is 50.9. The molecule has 248 valence electrons. The van der Waals surface area contributed by atoms with Crippen LogP contribution in [0.5, 0.6) is 0 Å². The van der Waals surface area contributed by atoms with Crippen LogP contribution in [0.15, 0.2) is 97.1 Å². The molecular weight excluding hydrogens is 608 g/mol. The largest absolute Gasteiger partial charge is 0.468 e. The summed E-state index contributed by atoms with van der Waals surface area (Å²) in [6, 6.07) is 30.0. The van der Waals surface area contributed by atoms with E-state index in [9.17, 15) is 19.2 Å². The first-order valence-corrected chi connectivity index (χ1v) is 15.6. The highest BCUT2D eigenvalue weighted by molar-refractivity contribution is 5.97. The van der Waals surface area contributed by atoms with Gasteiger partial charge in [-0.2, -0.15) is 0 Å². The first kappa shape index (κ1) is 34.1. The van der Waals surface area contributed by atoms with E-state index in [0.29, 0.717) is 0 Å². The lowest BCUT2D eigenvalue weighted by molar-refractivity contribution is -0.148. The van der Waals surface area contributed by atoms with Crippen molar-refractivity contribution in [2.45, 2.75) is 49.4 Å². The Balaban J connectivity index is 0.000000188. The van der Waals surface area contributed by atoms with Crippen LogP contribution >= 0.6 is 0 Å². The van der Waals surface area contributed by atoms with Crippen molar-refractivity contribution in [2.75, 3.05) is 28.4 Å². The summed E-state index contributed by atoms with van der Waals surface area (Å²) in [7, 11) is 5.53. The van der Waals surface area contributed by atoms with Gasteiger partial charge >= 0.3 is 23.9 Å². The Hall–Kier alpha value is -5.24. The molecule has 0 N–H and O–H groups in total. The lowest BCUT2D eigenvalue weighted by Gasteiger charge is -2.43. The first-order valence-electron chi connectivity index (χ1n) is 15.6. The smallest absolute Gasteiger partial charge is 0.320 e. The molecule has 8 heteroatoms. The van der Waals surface area contributed by atoms with Crippen LogP contribution in [0.1, 0.15) is 72.2 Å². The topological polar surface area (TPSA) is 105 Å². The van der Waals surface area contributed by atoms with E-state index >= 15 is 0 Å². The Morgan fingerprint density at radius 1 is 0.333 bits per heavy atom. The second-order valence-electron chi connectivity index (χ2n) is 12.6. The van der Waals surface area contributed by atoms with Gasteiger partial charge in [0.15, 0.2) is 0 Å². The van der Waals surface area contributed by atoms with E-state index in [0.717, 1.165) is 44.5 Å². The lowest BCUT2D eigenvalue weighted by atomic mass is 9.58. The van der Waals surface area contributed by atoms with Crippen molar-refractivity contribution in [1.29, 1.82) is 0 Å². The second-order valence-corrected chi connectivity index (χ2v) is 12.6. The van der Waals surface area contributed by atoms with Crippen LogP contribution in [-0.2, 0) is 59.8 Å². The van der Waals surface area contributed by atoms with E-state index in [-0.39, 0.29) is 23.9 Å². The number of rotatable bonds is 4. The van der Waals surface area contributed by atoms with Crippen molar-refractivity contribution in [1.82, 2.24) is 0 Å². The third-order valence-electron chi connectivity index (χ3n) is 10.4. The highest BCUT2D eigenvalue weighted by Crippen LogP contribution is 2.52. The molecule has 8 nitrogen and oxygen atoms in total. The van der Waals surface area contributed by atoms with E-state index in [1.807, 2.05) is 125 Å². The molecule has 0 atom stereocenters. The predicted molar refractivity (Wildman–Crippen MR) is 180 cm³/mol. The van der Waals surface area contributed by atoms with E-state index in [1.165, 1.54) is 28.4 Å². The third kappa shape index (κ3) is 4.57. The Morgan fingerprint density at radius 3 is 0.562 bits per heavy atom. The van der Waals surface area contributed by atoms with Gasteiger partial charge in [-0.25, -0.2) is 0 Å². The number of carbonyl (C=O) groups is 4. The van der Waals surface area contributed by atoms with E-state index < -0.39 is 21.7 Å². The molecule has 0 aliphatic heterocycles. The van der Waals surface area contributed by atoms with Gasteiger partial charge in [0, 0.05) is 0 Å². The second kappa shape index (κ2) is 12.4. The fraction of sp³-hybridized carbons (Fsp3) is 0.300. The van der Waals surface area contributed by atoms with E-state index in [1.54, 1.807) is 0 Å². The molecule has 2 aliphatic carbocycles. The maximum Gasteiger partial charge on any atom is 0.320 e. The number of esters is 4. The van der Waals surface area contributed by atoms with Crippen molar-refractivity contribution < 1.29 is 38.1 Å². The fourth-order valence-corrected chi connectivity index (χ4v) is 7.70. The van der Waals surface area contributed by atoms with Gasteiger partial charge in [0.25, 0.3) is 0 Å². The normalized spacial score (nSPS) is 24.5. The van der Waals surface area contributed by atoms with Crippen molar-refractivity contribution in [3.63, 3.8) is 0 Å². The Morgan fingerprint density at radius 2 is 0.458 bits per heavy atom. The first-order chi connectivity index (χ1) is 22.8. The van der Waals surface area contributed by atoms with Crippen LogP contribution in [0.4, 0.5) is 0 Å². The highest BCUT2D eigenvalue weighted by atomic mass is 16.5. The Bertz CT molecular complexity index is 1550. The summed E-state index contributed by atoms with van der Waals surface area (Å²) in [6.07, 6.45) is 0. The van der Waals surface area contributed by atoms with Gasteiger partial charge in [-0.3, -0.25) is 19.2 Å². The molecule has 0 amide bonds. The minimum atomic E-state index is -0.977. The van der Waals surface area contributed by atoms with E-state index in [2.05, 4.69) is 0 Å². The zero-order chi connectivity index (χ0) is 35.1. The SMILES string of the molecule is COC(=O)C1(C)c2ccccc2C(C)(C(=O)OC)c2ccccc21.COC(=O)C1(C)c2ccccc2C(C)(C(=O)OC)c2ccccc21. The summed E-state index contributed by atoms with van der Waals surface area (Å²) < 4.78 is 20.4. The molecule has 4 aromatic carbocycles. The molecule has 4 aromatic rings. The lowest BCUT2D eigenvalue weighted by Crippen LogP contribution is -2.48. The van der Waals surface area contributed by atoms with E-state index in [4.69, 9.17) is 18.9 Å². The maximum absolute atomic E-state index is 12.7. The Kier molecular flexibility index (Phi) is 8.82. The summed E-state index contributed by atoms with van der Waals surface area (Å²) in [6.45, 7) is 7.36. The van der Waals surface area contributed by atoms with Gasteiger partial charge in [-0.1, -0.05) is 97.1 Å². The summed E-state index contributed by atoms with van der Waals surface area (Å²) >= 11 is 0. The summed E-state index contributed by atoms with van der Waals surface area (Å²) in [5.74, 6) is -1.41. The number of hydrogen-bond acceptors (Lipinski definition) is 8. The number of fused-ring (bicyclic) bond motifs is 4.